The number of hydrogen-bond donors (Lipinski definition) is 1. The van der Waals surface area contributed by atoms with Gasteiger partial charge in [0.25, 0.3) is 0 Å². The molecular formula is C14H18N2O2S. The zero-order valence-corrected chi connectivity index (χ0v) is 12.0. The third kappa shape index (κ3) is 2.96. The number of benzene rings is 1. The molecule has 2 rings (SSSR count). The van der Waals surface area contributed by atoms with Gasteiger partial charge in [-0.3, -0.25) is 0 Å². The Morgan fingerprint density at radius 3 is 2.79 bits per heavy atom. The number of nitrogens with zero attached hydrogens (tertiary/aromatic N) is 1. The SMILES string of the molecule is CC(C)(C#N)CNC1CCS(=O)(=O)c2ccccc21. The zero-order valence-electron chi connectivity index (χ0n) is 11.2. The Morgan fingerprint density at radius 1 is 1.42 bits per heavy atom. The molecule has 0 saturated heterocycles. The Morgan fingerprint density at radius 2 is 2.11 bits per heavy atom. The minimum atomic E-state index is -3.14. The van der Waals surface area contributed by atoms with E-state index in [2.05, 4.69) is 11.4 Å². The van der Waals surface area contributed by atoms with Gasteiger partial charge in [-0.15, -0.1) is 0 Å². The minimum Gasteiger partial charge on any atom is -0.308 e. The lowest BCUT2D eigenvalue weighted by molar-refractivity contribution is 0.392. The quantitative estimate of drug-likeness (QED) is 0.918. The molecule has 0 amide bonds. The summed E-state index contributed by atoms with van der Waals surface area (Å²) in [6.45, 7) is 4.28. The number of sulfone groups is 1. The first kappa shape index (κ1) is 14.0. The maximum absolute atomic E-state index is 12.0. The van der Waals surface area contributed by atoms with Crippen LogP contribution in [0.5, 0.6) is 0 Å². The van der Waals surface area contributed by atoms with Crippen LogP contribution in [0.25, 0.3) is 0 Å². The van der Waals surface area contributed by atoms with E-state index in [0.717, 1.165) is 5.56 Å². The maximum atomic E-state index is 12.0. The molecule has 4 nitrogen and oxygen atoms in total. The molecular weight excluding hydrogens is 260 g/mol. The molecule has 0 spiro atoms. The van der Waals surface area contributed by atoms with Crippen molar-refractivity contribution < 1.29 is 8.42 Å². The second-order valence-electron chi connectivity index (χ2n) is 5.57. The van der Waals surface area contributed by atoms with Crippen molar-refractivity contribution in [3.8, 4) is 6.07 Å². The second kappa shape index (κ2) is 4.95. The van der Waals surface area contributed by atoms with Crippen LogP contribution in [0.3, 0.4) is 0 Å². The molecule has 0 saturated carbocycles. The van der Waals surface area contributed by atoms with E-state index in [9.17, 15) is 8.42 Å². The molecule has 102 valence electrons. The van der Waals surface area contributed by atoms with E-state index in [4.69, 9.17) is 5.26 Å². The fourth-order valence-corrected chi connectivity index (χ4v) is 3.84. The third-order valence-corrected chi connectivity index (χ3v) is 5.21. The number of nitriles is 1. The highest BCUT2D eigenvalue weighted by Gasteiger charge is 2.30. The van der Waals surface area contributed by atoms with Gasteiger partial charge >= 0.3 is 0 Å². The second-order valence-corrected chi connectivity index (χ2v) is 7.65. The fourth-order valence-electron chi connectivity index (χ4n) is 2.22. The van der Waals surface area contributed by atoms with Gasteiger partial charge in [-0.25, -0.2) is 8.42 Å². The number of fused-ring (bicyclic) bond motifs is 1. The molecule has 1 aromatic rings. The molecule has 0 bridgehead atoms. The number of rotatable bonds is 3. The topological polar surface area (TPSA) is 70.0 Å². The van der Waals surface area contributed by atoms with E-state index in [-0.39, 0.29) is 11.8 Å². The summed E-state index contributed by atoms with van der Waals surface area (Å²) in [6, 6.07) is 9.36. The van der Waals surface area contributed by atoms with Gasteiger partial charge in [-0.2, -0.15) is 5.26 Å². The summed E-state index contributed by atoms with van der Waals surface area (Å²) in [5.74, 6) is 0.161. The molecule has 1 atom stereocenters. The Hall–Kier alpha value is -1.38. The van der Waals surface area contributed by atoms with Gasteiger partial charge in [0.05, 0.1) is 22.1 Å². The largest absolute Gasteiger partial charge is 0.308 e. The smallest absolute Gasteiger partial charge is 0.178 e. The standard InChI is InChI=1S/C14H18N2O2S/c1-14(2,9-15)10-16-12-7-8-19(17,18)13-6-4-3-5-11(12)13/h3-6,12,16H,7-8,10H2,1-2H3. The van der Waals surface area contributed by atoms with Crippen LogP contribution in [0, 0.1) is 16.7 Å². The van der Waals surface area contributed by atoms with Crippen LogP contribution in [-0.2, 0) is 9.84 Å². The minimum absolute atomic E-state index is 0.00681. The molecule has 0 aromatic heterocycles. The molecule has 19 heavy (non-hydrogen) atoms. The average molecular weight is 278 g/mol. The van der Waals surface area contributed by atoms with Gasteiger partial charge < -0.3 is 5.32 Å². The lowest BCUT2D eigenvalue weighted by Crippen LogP contribution is -2.35. The first-order valence-electron chi connectivity index (χ1n) is 6.32. The molecule has 1 heterocycles. The Balaban J connectivity index is 2.25. The third-order valence-electron chi connectivity index (χ3n) is 3.40. The van der Waals surface area contributed by atoms with Crippen molar-refractivity contribution in [3.05, 3.63) is 29.8 Å². The summed E-state index contributed by atoms with van der Waals surface area (Å²) in [6.07, 6.45) is 0.556. The van der Waals surface area contributed by atoms with Gasteiger partial charge in [0, 0.05) is 12.6 Å². The molecule has 1 unspecified atom stereocenters. The lowest BCUT2D eigenvalue weighted by atomic mass is 9.94. The van der Waals surface area contributed by atoms with Crippen LogP contribution >= 0.6 is 0 Å². The average Bonchev–Trinajstić information content (AvgIpc) is 2.38. The van der Waals surface area contributed by atoms with Crippen LogP contribution in [0.1, 0.15) is 31.9 Å². The van der Waals surface area contributed by atoms with Crippen molar-refractivity contribution in [1.29, 1.82) is 5.26 Å². The summed E-state index contributed by atoms with van der Waals surface area (Å²) in [7, 11) is -3.14. The van der Waals surface area contributed by atoms with Crippen LogP contribution < -0.4 is 5.32 Å². The summed E-state index contributed by atoms with van der Waals surface area (Å²) < 4.78 is 24.0. The van der Waals surface area contributed by atoms with Crippen molar-refractivity contribution in [3.63, 3.8) is 0 Å². The predicted octanol–water partition coefficient (Wildman–Crippen LogP) is 2.04. The van der Waals surface area contributed by atoms with E-state index < -0.39 is 15.3 Å². The summed E-state index contributed by atoms with van der Waals surface area (Å²) in [5.41, 5.74) is 0.369. The van der Waals surface area contributed by atoms with Crippen molar-refractivity contribution in [2.45, 2.75) is 31.2 Å². The van der Waals surface area contributed by atoms with E-state index >= 15 is 0 Å². The monoisotopic (exact) mass is 278 g/mol. The molecule has 0 radical (unpaired) electrons. The van der Waals surface area contributed by atoms with Crippen LogP contribution in [0.4, 0.5) is 0 Å². The molecule has 0 aliphatic carbocycles. The number of hydrogen-bond acceptors (Lipinski definition) is 4. The van der Waals surface area contributed by atoms with Crippen LogP contribution in [-0.4, -0.2) is 20.7 Å². The van der Waals surface area contributed by atoms with E-state index in [1.54, 1.807) is 12.1 Å². The molecule has 1 aliphatic heterocycles. The Labute approximate surface area is 114 Å². The first-order chi connectivity index (χ1) is 8.86. The zero-order chi connectivity index (χ0) is 14.1. The van der Waals surface area contributed by atoms with Crippen molar-refractivity contribution in [1.82, 2.24) is 5.32 Å². The van der Waals surface area contributed by atoms with E-state index in [0.29, 0.717) is 17.9 Å². The highest BCUT2D eigenvalue weighted by Crippen LogP contribution is 2.32. The summed E-state index contributed by atoms with van der Waals surface area (Å²) in [4.78, 5) is 0.425. The molecule has 0 fully saturated rings. The van der Waals surface area contributed by atoms with Crippen molar-refractivity contribution in [2.24, 2.45) is 5.41 Å². The Bertz CT molecular complexity index is 615. The predicted molar refractivity (Wildman–Crippen MR) is 73.2 cm³/mol. The molecule has 5 heteroatoms. The molecule has 1 N–H and O–H groups in total. The van der Waals surface area contributed by atoms with Gasteiger partial charge in [-0.1, -0.05) is 18.2 Å². The Kier molecular flexibility index (Phi) is 3.66. The van der Waals surface area contributed by atoms with Crippen molar-refractivity contribution in [2.75, 3.05) is 12.3 Å². The van der Waals surface area contributed by atoms with Gasteiger partial charge in [0.15, 0.2) is 9.84 Å². The van der Waals surface area contributed by atoms with E-state index in [1.165, 1.54) is 0 Å². The molecule has 1 aromatic carbocycles. The maximum Gasteiger partial charge on any atom is 0.178 e. The first-order valence-corrected chi connectivity index (χ1v) is 7.97. The van der Waals surface area contributed by atoms with Gasteiger partial charge in [0.2, 0.25) is 0 Å². The normalized spacial score (nSPS) is 21.4. The summed E-state index contributed by atoms with van der Waals surface area (Å²) >= 11 is 0. The van der Waals surface area contributed by atoms with Crippen molar-refractivity contribution >= 4 is 9.84 Å². The highest BCUT2D eigenvalue weighted by molar-refractivity contribution is 7.91. The number of nitrogens with one attached hydrogen (secondary N) is 1. The van der Waals surface area contributed by atoms with Crippen LogP contribution in [0.2, 0.25) is 0 Å². The van der Waals surface area contributed by atoms with Crippen LogP contribution in [0.15, 0.2) is 29.2 Å². The van der Waals surface area contributed by atoms with Gasteiger partial charge in [-0.05, 0) is 31.9 Å². The molecule has 1 aliphatic rings. The van der Waals surface area contributed by atoms with E-state index in [1.807, 2.05) is 26.0 Å². The van der Waals surface area contributed by atoms with Gasteiger partial charge in [0.1, 0.15) is 0 Å². The lowest BCUT2D eigenvalue weighted by Gasteiger charge is -2.28. The fraction of sp³-hybridized carbons (Fsp3) is 0.500. The highest BCUT2D eigenvalue weighted by atomic mass is 32.2. The summed E-state index contributed by atoms with van der Waals surface area (Å²) in [5, 5.41) is 12.3.